The van der Waals surface area contributed by atoms with Crippen LogP contribution in [0.15, 0.2) is 52.9 Å². The van der Waals surface area contributed by atoms with E-state index in [0.29, 0.717) is 49.5 Å². The quantitative estimate of drug-likeness (QED) is 0.268. The van der Waals surface area contributed by atoms with E-state index < -0.39 is 4.92 Å². The molecule has 3 rings (SSSR count). The number of azo groups is 1. The van der Waals surface area contributed by atoms with E-state index in [9.17, 15) is 25.3 Å². The van der Waals surface area contributed by atoms with Crippen LogP contribution in [0.4, 0.5) is 22.7 Å². The van der Waals surface area contributed by atoms with Crippen molar-refractivity contribution < 1.29 is 19.6 Å². The molecule has 0 saturated carbocycles. The molecule has 0 bridgehead atoms. The van der Waals surface area contributed by atoms with Gasteiger partial charge in [-0.2, -0.15) is 5.26 Å². The molecule has 2 aromatic rings. The first-order valence-corrected chi connectivity index (χ1v) is 9.90. The van der Waals surface area contributed by atoms with E-state index in [0.717, 1.165) is 6.07 Å². The zero-order chi connectivity index (χ0) is 23.3. The summed E-state index contributed by atoms with van der Waals surface area (Å²) in [6.45, 7) is 7.36. The highest BCUT2D eigenvalue weighted by molar-refractivity contribution is 6.04. The lowest BCUT2D eigenvalue weighted by Crippen LogP contribution is -2.33. The Bertz CT molecular complexity index is 1150. The number of nitriles is 1. The molecular formula is C22H21N5O5. The van der Waals surface area contributed by atoms with Crippen LogP contribution < -0.4 is 4.90 Å². The Morgan fingerprint density at radius 1 is 1.34 bits per heavy atom. The number of non-ortho nitro benzene ring substituents is 1. The fraction of sp³-hybridized carbons (Fsp3) is 0.273. The van der Waals surface area contributed by atoms with Crippen molar-refractivity contribution in [3.05, 3.63) is 63.9 Å². The number of phenolic OH excluding ortho intramolecular Hbond substituents is 1. The summed E-state index contributed by atoms with van der Waals surface area (Å²) in [6.07, 6.45) is 0.900. The van der Waals surface area contributed by atoms with Crippen LogP contribution in [0.2, 0.25) is 0 Å². The van der Waals surface area contributed by atoms with Crippen LogP contribution in [-0.2, 0) is 4.74 Å². The molecule has 0 saturated heterocycles. The minimum absolute atomic E-state index is 0.0304. The SMILES string of the molecule is C=C(CCN1CCC(=O)c2cc(N=Nc3ccc([N+](=O)[O-])cc3C#N)c(O)cc21)OCC. The Kier molecular flexibility index (Phi) is 6.80. The van der Waals surface area contributed by atoms with Gasteiger partial charge >= 0.3 is 0 Å². The number of nitro benzene ring substituents is 1. The van der Waals surface area contributed by atoms with E-state index in [1.165, 1.54) is 24.3 Å². The first kappa shape index (κ1) is 22.4. The molecule has 0 unspecified atom stereocenters. The molecule has 1 N–H and O–H groups in total. The second kappa shape index (κ2) is 9.70. The Morgan fingerprint density at radius 3 is 2.78 bits per heavy atom. The molecule has 0 aromatic heterocycles. The number of ketones is 1. The van der Waals surface area contributed by atoms with Crippen molar-refractivity contribution in [1.29, 1.82) is 5.26 Å². The van der Waals surface area contributed by atoms with E-state index >= 15 is 0 Å². The van der Waals surface area contributed by atoms with E-state index in [4.69, 9.17) is 4.74 Å². The molecule has 1 heterocycles. The van der Waals surface area contributed by atoms with Crippen LogP contribution in [0.5, 0.6) is 5.75 Å². The molecule has 2 aromatic carbocycles. The smallest absolute Gasteiger partial charge is 0.270 e. The summed E-state index contributed by atoms with van der Waals surface area (Å²) in [6, 6.07) is 8.36. The standard InChI is InChI=1S/C22H21N5O5/c1-3-32-14(2)6-8-26-9-7-21(28)17-11-19(22(29)12-20(17)26)25-24-18-5-4-16(27(30)31)10-15(18)13-23/h4-5,10-12,29H,2-3,6-9H2,1H3. The van der Waals surface area contributed by atoms with Crippen LogP contribution in [0.25, 0.3) is 0 Å². The van der Waals surface area contributed by atoms with Crippen molar-refractivity contribution in [1.82, 2.24) is 0 Å². The maximum atomic E-state index is 12.5. The second-order valence-corrected chi connectivity index (χ2v) is 7.01. The van der Waals surface area contributed by atoms with E-state index in [2.05, 4.69) is 16.8 Å². The third-order valence-electron chi connectivity index (χ3n) is 4.93. The Balaban J connectivity index is 1.88. The third kappa shape index (κ3) is 4.89. The number of phenols is 1. The Morgan fingerprint density at radius 2 is 2.09 bits per heavy atom. The van der Waals surface area contributed by atoms with Crippen LogP contribution >= 0.6 is 0 Å². The van der Waals surface area contributed by atoms with Crippen LogP contribution in [0.1, 0.15) is 35.7 Å². The summed E-state index contributed by atoms with van der Waals surface area (Å²) in [5, 5.41) is 38.5. The molecule has 164 valence electrons. The monoisotopic (exact) mass is 435 g/mol. The van der Waals surface area contributed by atoms with Gasteiger partial charge in [0, 0.05) is 49.7 Å². The fourth-order valence-corrected chi connectivity index (χ4v) is 3.31. The number of nitrogens with zero attached hydrogens (tertiary/aromatic N) is 5. The van der Waals surface area contributed by atoms with Gasteiger partial charge in [-0.1, -0.05) is 6.58 Å². The zero-order valence-corrected chi connectivity index (χ0v) is 17.4. The number of ether oxygens (including phenoxy) is 1. The van der Waals surface area contributed by atoms with Gasteiger partial charge in [0.05, 0.1) is 28.5 Å². The molecule has 0 atom stereocenters. The van der Waals surface area contributed by atoms with Gasteiger partial charge in [-0.15, -0.1) is 10.2 Å². The summed E-state index contributed by atoms with van der Waals surface area (Å²) < 4.78 is 5.37. The second-order valence-electron chi connectivity index (χ2n) is 7.01. The predicted octanol–water partition coefficient (Wildman–Crippen LogP) is 4.92. The highest BCUT2D eigenvalue weighted by atomic mass is 16.6. The number of hydrogen-bond donors (Lipinski definition) is 1. The zero-order valence-electron chi connectivity index (χ0n) is 17.4. The van der Waals surface area contributed by atoms with Gasteiger partial charge in [-0.05, 0) is 19.1 Å². The van der Waals surface area contributed by atoms with Gasteiger partial charge in [0.2, 0.25) is 0 Å². The van der Waals surface area contributed by atoms with Crippen molar-refractivity contribution in [2.75, 3.05) is 24.6 Å². The van der Waals surface area contributed by atoms with Crippen LogP contribution in [0, 0.1) is 21.4 Å². The molecule has 32 heavy (non-hydrogen) atoms. The molecule has 10 nitrogen and oxygen atoms in total. The highest BCUT2D eigenvalue weighted by Crippen LogP contribution is 2.38. The summed E-state index contributed by atoms with van der Waals surface area (Å²) in [7, 11) is 0. The molecule has 1 aliphatic rings. The van der Waals surface area contributed by atoms with Gasteiger partial charge in [0.25, 0.3) is 5.69 Å². The number of benzene rings is 2. The topological polar surface area (TPSA) is 141 Å². The molecule has 0 radical (unpaired) electrons. The molecular weight excluding hydrogens is 414 g/mol. The molecule has 0 fully saturated rings. The third-order valence-corrected chi connectivity index (χ3v) is 4.93. The lowest BCUT2D eigenvalue weighted by atomic mass is 9.99. The number of Topliss-reactive ketones (excluding diaryl/α,β-unsaturated/α-hetero) is 1. The van der Waals surface area contributed by atoms with Crippen molar-refractivity contribution in [3.63, 3.8) is 0 Å². The summed E-state index contributed by atoms with van der Waals surface area (Å²) in [5.41, 5.74) is 0.897. The number of nitro groups is 1. The number of hydrogen-bond acceptors (Lipinski definition) is 9. The minimum atomic E-state index is -0.613. The van der Waals surface area contributed by atoms with Gasteiger partial charge in [0.15, 0.2) is 5.78 Å². The maximum Gasteiger partial charge on any atom is 0.270 e. The molecule has 0 aliphatic carbocycles. The van der Waals surface area contributed by atoms with Gasteiger partial charge < -0.3 is 14.7 Å². The lowest BCUT2D eigenvalue weighted by molar-refractivity contribution is -0.384. The van der Waals surface area contributed by atoms with Gasteiger partial charge in [-0.3, -0.25) is 14.9 Å². The molecule has 0 spiro atoms. The molecule has 1 aliphatic heterocycles. The van der Waals surface area contributed by atoms with Gasteiger partial charge in [0.1, 0.15) is 23.2 Å². The average molecular weight is 435 g/mol. The average Bonchev–Trinajstić information content (AvgIpc) is 2.77. The molecule has 10 heteroatoms. The summed E-state index contributed by atoms with van der Waals surface area (Å²) in [4.78, 5) is 24.7. The number of aromatic hydroxyl groups is 1. The maximum absolute atomic E-state index is 12.5. The van der Waals surface area contributed by atoms with Crippen LogP contribution in [0.3, 0.4) is 0 Å². The number of rotatable bonds is 8. The first-order valence-electron chi connectivity index (χ1n) is 9.90. The first-order chi connectivity index (χ1) is 15.3. The number of carbonyl (C=O) groups excluding carboxylic acids is 1. The van der Waals surface area contributed by atoms with Crippen molar-refractivity contribution >= 4 is 28.5 Å². The normalized spacial score (nSPS) is 13.0. The highest BCUT2D eigenvalue weighted by Gasteiger charge is 2.25. The number of anilines is 1. The molecule has 0 amide bonds. The van der Waals surface area contributed by atoms with E-state index in [-0.39, 0.29) is 34.2 Å². The summed E-state index contributed by atoms with van der Waals surface area (Å²) in [5.74, 6) is 0.387. The summed E-state index contributed by atoms with van der Waals surface area (Å²) >= 11 is 0. The van der Waals surface area contributed by atoms with E-state index in [1.807, 2.05) is 17.9 Å². The van der Waals surface area contributed by atoms with Crippen LogP contribution in [-0.4, -0.2) is 35.5 Å². The fourth-order valence-electron chi connectivity index (χ4n) is 3.31. The lowest BCUT2D eigenvalue weighted by Gasteiger charge is -2.31. The predicted molar refractivity (Wildman–Crippen MR) is 117 cm³/mol. The van der Waals surface area contributed by atoms with Crippen molar-refractivity contribution in [2.45, 2.75) is 19.8 Å². The minimum Gasteiger partial charge on any atom is -0.506 e. The van der Waals surface area contributed by atoms with Gasteiger partial charge in [-0.25, -0.2) is 0 Å². The Hall–Kier alpha value is -4.26. The number of fused-ring (bicyclic) bond motifs is 1. The number of carbonyl (C=O) groups is 1. The van der Waals surface area contributed by atoms with E-state index in [1.54, 1.807) is 0 Å². The van der Waals surface area contributed by atoms with Crippen molar-refractivity contribution in [3.8, 4) is 11.8 Å². The largest absolute Gasteiger partial charge is 0.506 e. The Labute approximate surface area is 184 Å². The van der Waals surface area contributed by atoms with Crippen molar-refractivity contribution in [2.24, 2.45) is 10.2 Å².